The highest BCUT2D eigenvalue weighted by atomic mass is 19.1. The van der Waals surface area contributed by atoms with Gasteiger partial charge in [-0.2, -0.15) is 0 Å². The average molecular weight is 461 g/mol. The molecule has 1 N–H and O–H groups in total. The summed E-state index contributed by atoms with van der Waals surface area (Å²) in [5.41, 5.74) is 2.59. The molecule has 1 aliphatic rings. The first-order chi connectivity index (χ1) is 16.4. The third-order valence-corrected chi connectivity index (χ3v) is 5.60. The first-order valence-corrected chi connectivity index (χ1v) is 10.8. The highest BCUT2D eigenvalue weighted by Crippen LogP contribution is 2.29. The van der Waals surface area contributed by atoms with Gasteiger partial charge in [0.1, 0.15) is 17.6 Å². The molecule has 4 rings (SSSR count). The van der Waals surface area contributed by atoms with Crippen molar-refractivity contribution in [1.29, 1.82) is 0 Å². The number of carbonyl (C=O) groups excluding carboxylic acids is 3. The van der Waals surface area contributed by atoms with Crippen LogP contribution in [0.2, 0.25) is 0 Å². The van der Waals surface area contributed by atoms with E-state index in [1.807, 2.05) is 25.1 Å². The third-order valence-electron chi connectivity index (χ3n) is 5.60. The second-order valence-electron chi connectivity index (χ2n) is 8.05. The Morgan fingerprint density at radius 3 is 2.41 bits per heavy atom. The van der Waals surface area contributed by atoms with Crippen molar-refractivity contribution in [1.82, 2.24) is 4.90 Å². The number of halogens is 1. The van der Waals surface area contributed by atoms with Gasteiger partial charge < -0.3 is 15.0 Å². The lowest BCUT2D eigenvalue weighted by Crippen LogP contribution is -2.37. The van der Waals surface area contributed by atoms with Crippen LogP contribution in [0.5, 0.6) is 5.75 Å². The number of rotatable bonds is 7. The maximum Gasteiger partial charge on any atom is 0.332 e. The number of hydrogen-bond donors (Lipinski definition) is 1. The van der Waals surface area contributed by atoms with Gasteiger partial charge in [0.2, 0.25) is 5.91 Å². The van der Waals surface area contributed by atoms with E-state index in [1.54, 1.807) is 37.4 Å². The molecule has 0 spiro atoms. The van der Waals surface area contributed by atoms with E-state index in [0.717, 1.165) is 16.0 Å². The Labute approximate surface area is 196 Å². The molecule has 34 heavy (non-hydrogen) atoms. The lowest BCUT2D eigenvalue weighted by molar-refractivity contribution is -0.124. The van der Waals surface area contributed by atoms with Gasteiger partial charge in [0, 0.05) is 12.2 Å². The Balaban J connectivity index is 1.61. The largest absolute Gasteiger partial charge is 0.497 e. The Hall–Kier alpha value is -4.20. The number of anilines is 2. The first-order valence-electron chi connectivity index (χ1n) is 10.8. The number of amides is 4. The molecule has 0 radical (unpaired) electrons. The van der Waals surface area contributed by atoms with Gasteiger partial charge in [0.15, 0.2) is 0 Å². The number of imide groups is 1. The summed E-state index contributed by atoms with van der Waals surface area (Å²) in [4.78, 5) is 42.0. The molecule has 1 aliphatic heterocycles. The highest BCUT2D eigenvalue weighted by Gasteiger charge is 2.46. The zero-order chi connectivity index (χ0) is 24.2. The molecule has 0 bridgehead atoms. The van der Waals surface area contributed by atoms with Gasteiger partial charge in [-0.1, -0.05) is 29.8 Å². The van der Waals surface area contributed by atoms with Crippen LogP contribution in [0.25, 0.3) is 0 Å². The molecule has 3 aromatic carbocycles. The van der Waals surface area contributed by atoms with Gasteiger partial charge >= 0.3 is 6.03 Å². The number of methoxy groups -OCH3 is 1. The molecule has 0 unspecified atom stereocenters. The SMILES string of the molecule is COc1cccc(CN2C(=O)N(c3ccc(C)cc3)C(=O)[C@@H]2CC(=O)Nc2ccc(F)cc2)c1. The number of benzene rings is 3. The van der Waals surface area contributed by atoms with Gasteiger partial charge in [-0.15, -0.1) is 0 Å². The lowest BCUT2D eigenvalue weighted by Gasteiger charge is -2.22. The molecule has 7 nitrogen and oxygen atoms in total. The topological polar surface area (TPSA) is 79.0 Å². The van der Waals surface area contributed by atoms with Crippen LogP contribution in [0.1, 0.15) is 17.5 Å². The van der Waals surface area contributed by atoms with Gasteiger partial charge in [-0.3, -0.25) is 9.59 Å². The molecule has 1 saturated heterocycles. The molecule has 0 aromatic heterocycles. The molecule has 0 saturated carbocycles. The fourth-order valence-corrected chi connectivity index (χ4v) is 3.83. The smallest absolute Gasteiger partial charge is 0.332 e. The molecule has 3 aromatic rings. The standard InChI is InChI=1S/C26H24FN3O4/c1-17-6-12-21(13-7-17)30-25(32)23(15-24(31)28-20-10-8-19(27)9-11-20)29(26(30)33)16-18-4-3-5-22(14-18)34-2/h3-14,23H,15-16H2,1-2H3,(H,28,31)/t23-/m0/s1. The van der Waals surface area contributed by atoms with E-state index in [4.69, 9.17) is 4.74 Å². The second-order valence-corrected chi connectivity index (χ2v) is 8.05. The van der Waals surface area contributed by atoms with E-state index >= 15 is 0 Å². The van der Waals surface area contributed by atoms with E-state index in [2.05, 4.69) is 5.32 Å². The van der Waals surface area contributed by atoms with E-state index < -0.39 is 29.7 Å². The number of aryl methyl sites for hydroxylation is 1. The Morgan fingerprint density at radius 2 is 1.74 bits per heavy atom. The summed E-state index contributed by atoms with van der Waals surface area (Å²) in [6.07, 6.45) is -0.242. The fourth-order valence-electron chi connectivity index (χ4n) is 3.83. The number of urea groups is 1. The number of ether oxygens (including phenoxy) is 1. The summed E-state index contributed by atoms with van der Waals surface area (Å²) in [5, 5.41) is 2.66. The van der Waals surface area contributed by atoms with Crippen molar-refractivity contribution in [3.05, 3.63) is 89.7 Å². The van der Waals surface area contributed by atoms with E-state index in [9.17, 15) is 18.8 Å². The van der Waals surface area contributed by atoms with Crippen molar-refractivity contribution in [3.63, 3.8) is 0 Å². The zero-order valence-electron chi connectivity index (χ0n) is 18.8. The molecule has 1 heterocycles. The van der Waals surface area contributed by atoms with Crippen LogP contribution >= 0.6 is 0 Å². The average Bonchev–Trinajstić information content (AvgIpc) is 3.05. The van der Waals surface area contributed by atoms with E-state index in [0.29, 0.717) is 17.1 Å². The third kappa shape index (κ3) is 4.91. The predicted octanol–water partition coefficient (Wildman–Crippen LogP) is 4.51. The lowest BCUT2D eigenvalue weighted by atomic mass is 10.1. The maximum atomic E-state index is 13.4. The summed E-state index contributed by atoms with van der Waals surface area (Å²) in [6.45, 7) is 2.04. The van der Waals surface area contributed by atoms with E-state index in [1.165, 1.54) is 29.2 Å². The van der Waals surface area contributed by atoms with Gasteiger partial charge in [-0.25, -0.2) is 14.1 Å². The summed E-state index contributed by atoms with van der Waals surface area (Å²) < 4.78 is 18.4. The number of nitrogens with one attached hydrogen (secondary N) is 1. The summed E-state index contributed by atoms with van der Waals surface area (Å²) in [6, 6.07) is 18.0. The normalized spacial score (nSPS) is 15.6. The van der Waals surface area contributed by atoms with Crippen LogP contribution in [-0.2, 0) is 16.1 Å². The number of nitrogens with zero attached hydrogens (tertiary/aromatic N) is 2. The molecular formula is C26H24FN3O4. The van der Waals surface area contributed by atoms with Crippen LogP contribution in [0, 0.1) is 12.7 Å². The molecular weight excluding hydrogens is 437 g/mol. The predicted molar refractivity (Wildman–Crippen MR) is 126 cm³/mol. The minimum atomic E-state index is -1.000. The minimum Gasteiger partial charge on any atom is -0.497 e. The van der Waals surface area contributed by atoms with Crippen LogP contribution in [0.4, 0.5) is 20.6 Å². The van der Waals surface area contributed by atoms with Crippen molar-refractivity contribution in [3.8, 4) is 5.75 Å². The summed E-state index contributed by atoms with van der Waals surface area (Å²) in [7, 11) is 1.55. The Bertz CT molecular complexity index is 1210. The number of hydrogen-bond acceptors (Lipinski definition) is 4. The summed E-state index contributed by atoms with van der Waals surface area (Å²) in [5.74, 6) is -0.741. The van der Waals surface area contributed by atoms with Crippen LogP contribution in [0.15, 0.2) is 72.8 Å². The van der Waals surface area contributed by atoms with Gasteiger partial charge in [0.05, 0.1) is 19.2 Å². The molecule has 4 amide bonds. The highest BCUT2D eigenvalue weighted by molar-refractivity contribution is 6.22. The van der Waals surface area contributed by atoms with E-state index in [-0.39, 0.29) is 13.0 Å². The summed E-state index contributed by atoms with van der Waals surface area (Å²) >= 11 is 0. The quantitative estimate of drug-likeness (QED) is 0.525. The monoisotopic (exact) mass is 461 g/mol. The Morgan fingerprint density at radius 1 is 1.03 bits per heavy atom. The first kappa shape index (κ1) is 23.0. The Kier molecular flexibility index (Phi) is 6.58. The maximum absolute atomic E-state index is 13.4. The minimum absolute atomic E-state index is 0.124. The van der Waals surface area contributed by atoms with Crippen molar-refractivity contribution < 1.29 is 23.5 Å². The second kappa shape index (κ2) is 9.74. The fraction of sp³-hybridized carbons (Fsp3) is 0.192. The van der Waals surface area contributed by atoms with Crippen molar-refractivity contribution >= 4 is 29.2 Å². The molecule has 8 heteroatoms. The molecule has 1 fully saturated rings. The molecule has 0 aliphatic carbocycles. The van der Waals surface area contributed by atoms with Crippen molar-refractivity contribution in [2.75, 3.05) is 17.3 Å². The van der Waals surface area contributed by atoms with Crippen molar-refractivity contribution in [2.24, 2.45) is 0 Å². The molecule has 174 valence electrons. The van der Waals surface area contributed by atoms with Crippen LogP contribution in [-0.4, -0.2) is 35.9 Å². The van der Waals surface area contributed by atoms with Gasteiger partial charge in [-0.05, 0) is 61.0 Å². The number of carbonyl (C=O) groups is 3. The van der Waals surface area contributed by atoms with Crippen LogP contribution < -0.4 is 15.0 Å². The zero-order valence-corrected chi connectivity index (χ0v) is 18.8. The van der Waals surface area contributed by atoms with Crippen LogP contribution in [0.3, 0.4) is 0 Å². The molecule has 1 atom stereocenters. The van der Waals surface area contributed by atoms with Crippen molar-refractivity contribution in [2.45, 2.75) is 25.9 Å². The van der Waals surface area contributed by atoms with Gasteiger partial charge in [0.25, 0.3) is 5.91 Å².